The molecule has 0 aromatic heterocycles. The molecule has 0 saturated heterocycles. The lowest BCUT2D eigenvalue weighted by molar-refractivity contribution is 0.428. The maximum atomic E-state index is 6.69. The molecule has 1 atom stereocenters. The van der Waals surface area contributed by atoms with Crippen molar-refractivity contribution in [3.63, 3.8) is 0 Å². The Morgan fingerprint density at radius 2 is 0.891 bits per heavy atom. The highest BCUT2D eigenvalue weighted by molar-refractivity contribution is 5.96. The number of fused-ring (bicyclic) bond motifs is 12. The van der Waals surface area contributed by atoms with E-state index in [4.69, 9.17) is 4.74 Å². The van der Waals surface area contributed by atoms with Gasteiger partial charge in [0.2, 0.25) is 0 Å². The van der Waals surface area contributed by atoms with Gasteiger partial charge in [0.15, 0.2) is 0 Å². The molecule has 1 spiro atoms. The molecule has 0 N–H and O–H groups in total. The molecule has 1 heterocycles. The Labute approximate surface area is 269 Å². The van der Waals surface area contributed by atoms with Gasteiger partial charge in [0, 0.05) is 11.1 Å². The molecule has 7 aromatic rings. The van der Waals surface area contributed by atoms with Crippen LogP contribution in [0.2, 0.25) is 0 Å². The predicted octanol–water partition coefficient (Wildman–Crippen LogP) is 11.2. The molecule has 1 nitrogen and oxygen atoms in total. The van der Waals surface area contributed by atoms with Crippen molar-refractivity contribution < 1.29 is 4.74 Å². The van der Waals surface area contributed by atoms with E-state index in [1.165, 1.54) is 72.3 Å². The molecule has 0 bridgehead atoms. The van der Waals surface area contributed by atoms with E-state index in [0.717, 1.165) is 11.5 Å². The summed E-state index contributed by atoms with van der Waals surface area (Å²) in [7, 11) is 0. The van der Waals surface area contributed by atoms with Crippen LogP contribution in [0.25, 0.3) is 33.4 Å². The fourth-order valence-electron chi connectivity index (χ4n) is 8.93. The van der Waals surface area contributed by atoms with Crippen molar-refractivity contribution >= 4 is 0 Å². The van der Waals surface area contributed by atoms with Gasteiger partial charge in [-0.2, -0.15) is 0 Å². The minimum absolute atomic E-state index is 0.379. The molecule has 1 heteroatoms. The van der Waals surface area contributed by atoms with Crippen molar-refractivity contribution in [1.82, 2.24) is 0 Å². The number of ether oxygens (including phenoxy) is 1. The molecule has 46 heavy (non-hydrogen) atoms. The van der Waals surface area contributed by atoms with Gasteiger partial charge in [-0.25, -0.2) is 0 Å². The van der Waals surface area contributed by atoms with Gasteiger partial charge in [0.05, 0.1) is 10.8 Å². The fraction of sp³-hybridized carbons (Fsp3) is 0.0667. The van der Waals surface area contributed by atoms with E-state index in [9.17, 15) is 0 Å². The van der Waals surface area contributed by atoms with E-state index >= 15 is 0 Å². The third-order valence-corrected chi connectivity index (χ3v) is 10.8. The van der Waals surface area contributed by atoms with Crippen molar-refractivity contribution in [2.24, 2.45) is 0 Å². The van der Waals surface area contributed by atoms with Crippen LogP contribution in [0.4, 0.5) is 0 Å². The average molecular weight is 587 g/mol. The van der Waals surface area contributed by atoms with E-state index in [2.05, 4.69) is 171 Å². The van der Waals surface area contributed by atoms with Crippen LogP contribution in [0, 0.1) is 0 Å². The summed E-state index contributed by atoms with van der Waals surface area (Å²) in [5.41, 5.74) is 16.0. The molecule has 0 amide bonds. The lowest BCUT2D eigenvalue weighted by Crippen LogP contribution is -2.30. The van der Waals surface area contributed by atoms with Crippen LogP contribution in [-0.4, -0.2) is 0 Å². The second-order valence-corrected chi connectivity index (χ2v) is 12.9. The topological polar surface area (TPSA) is 9.23 Å². The molecule has 216 valence electrons. The third-order valence-electron chi connectivity index (χ3n) is 10.8. The number of para-hydroxylation sites is 1. The first-order valence-electron chi connectivity index (χ1n) is 16.1. The van der Waals surface area contributed by atoms with Crippen molar-refractivity contribution in [2.75, 3.05) is 0 Å². The summed E-state index contributed by atoms with van der Waals surface area (Å²) in [4.78, 5) is 0. The highest BCUT2D eigenvalue weighted by Gasteiger charge is 2.51. The number of rotatable bonds is 2. The summed E-state index contributed by atoms with van der Waals surface area (Å²) in [6.45, 7) is 2.36. The van der Waals surface area contributed by atoms with E-state index in [1.807, 2.05) is 0 Å². The maximum Gasteiger partial charge on any atom is 0.132 e. The van der Waals surface area contributed by atoms with Crippen molar-refractivity contribution in [2.45, 2.75) is 17.8 Å². The summed E-state index contributed by atoms with van der Waals surface area (Å²) in [5.74, 6) is 1.83. The quantitative estimate of drug-likeness (QED) is 0.196. The number of benzene rings is 7. The minimum atomic E-state index is -0.408. The Hall–Kier alpha value is -5.66. The Morgan fingerprint density at radius 1 is 0.391 bits per heavy atom. The molecule has 7 aromatic carbocycles. The Kier molecular flexibility index (Phi) is 5.12. The van der Waals surface area contributed by atoms with Crippen molar-refractivity contribution in [1.29, 1.82) is 0 Å². The van der Waals surface area contributed by atoms with Gasteiger partial charge in [0.25, 0.3) is 0 Å². The summed E-state index contributed by atoms with van der Waals surface area (Å²) >= 11 is 0. The zero-order valence-electron chi connectivity index (χ0n) is 25.5. The van der Waals surface area contributed by atoms with Crippen LogP contribution in [0.5, 0.6) is 11.5 Å². The summed E-state index contributed by atoms with van der Waals surface area (Å²) < 4.78 is 6.69. The van der Waals surface area contributed by atoms with Gasteiger partial charge in [-0.3, -0.25) is 0 Å². The highest BCUT2D eigenvalue weighted by atomic mass is 16.5. The van der Waals surface area contributed by atoms with E-state index in [0.29, 0.717) is 0 Å². The molecule has 1 unspecified atom stereocenters. The number of hydrogen-bond donors (Lipinski definition) is 0. The Balaban J connectivity index is 1.28. The van der Waals surface area contributed by atoms with E-state index in [1.54, 1.807) is 0 Å². The third kappa shape index (κ3) is 3.10. The predicted molar refractivity (Wildman–Crippen MR) is 187 cm³/mol. The van der Waals surface area contributed by atoms with Crippen molar-refractivity contribution in [3.05, 3.63) is 203 Å². The van der Waals surface area contributed by atoms with Crippen LogP contribution in [0.15, 0.2) is 164 Å². The molecule has 1 aliphatic heterocycles. The Morgan fingerprint density at radius 3 is 1.54 bits per heavy atom. The molecule has 2 aliphatic carbocycles. The van der Waals surface area contributed by atoms with Gasteiger partial charge in [-0.1, -0.05) is 146 Å². The first-order chi connectivity index (χ1) is 22.7. The normalized spacial score (nSPS) is 17.2. The smallest absolute Gasteiger partial charge is 0.132 e. The van der Waals surface area contributed by atoms with Gasteiger partial charge in [0.1, 0.15) is 11.5 Å². The standard InChI is InChI=1S/C45H30O/c1-44(30-14-3-2-4-15-30)39-23-11-12-24-41(39)46-42-25-13-19-31(43(42)44)29-26-27-35-34-18-7-10-22-38(34)45(40(35)28-29)36-20-8-5-16-32(36)33-17-6-9-21-37(33)45/h2-28H,1H3. The van der Waals surface area contributed by atoms with E-state index in [-0.39, 0.29) is 5.41 Å². The largest absolute Gasteiger partial charge is 0.457 e. The molecule has 0 radical (unpaired) electrons. The van der Waals surface area contributed by atoms with E-state index < -0.39 is 5.41 Å². The highest BCUT2D eigenvalue weighted by Crippen LogP contribution is 2.63. The molecule has 0 fully saturated rings. The minimum Gasteiger partial charge on any atom is -0.457 e. The molecular formula is C45H30O. The first-order valence-corrected chi connectivity index (χ1v) is 16.1. The van der Waals surface area contributed by atoms with Crippen LogP contribution in [-0.2, 0) is 10.8 Å². The summed E-state index contributed by atoms with van der Waals surface area (Å²) in [6, 6.07) is 60.2. The summed E-state index contributed by atoms with van der Waals surface area (Å²) in [6.07, 6.45) is 0. The van der Waals surface area contributed by atoms with Gasteiger partial charge in [-0.15, -0.1) is 0 Å². The van der Waals surface area contributed by atoms with Crippen LogP contribution in [0.3, 0.4) is 0 Å². The zero-order valence-corrected chi connectivity index (χ0v) is 25.5. The molecular weight excluding hydrogens is 556 g/mol. The number of hydrogen-bond acceptors (Lipinski definition) is 1. The lowest BCUT2D eigenvalue weighted by Gasteiger charge is -2.39. The Bertz CT molecular complexity index is 2300. The van der Waals surface area contributed by atoms with Crippen LogP contribution >= 0.6 is 0 Å². The van der Waals surface area contributed by atoms with Crippen molar-refractivity contribution in [3.8, 4) is 44.9 Å². The second-order valence-electron chi connectivity index (χ2n) is 12.9. The van der Waals surface area contributed by atoms with Crippen LogP contribution < -0.4 is 4.74 Å². The molecule has 0 saturated carbocycles. The van der Waals surface area contributed by atoms with Crippen LogP contribution in [0.1, 0.15) is 45.9 Å². The maximum absolute atomic E-state index is 6.69. The van der Waals surface area contributed by atoms with Gasteiger partial charge < -0.3 is 4.74 Å². The SMILES string of the molecule is CC1(c2ccccc2)c2ccccc2Oc2cccc(-c3ccc4c(c3)C3(c5ccccc5-c5ccccc53)c3ccccc3-4)c21. The lowest BCUT2D eigenvalue weighted by atomic mass is 9.66. The summed E-state index contributed by atoms with van der Waals surface area (Å²) in [5, 5.41) is 0. The zero-order chi connectivity index (χ0) is 30.5. The second kappa shape index (κ2) is 9.19. The van der Waals surface area contributed by atoms with Gasteiger partial charge >= 0.3 is 0 Å². The first kappa shape index (κ1) is 25.6. The fourth-order valence-corrected chi connectivity index (χ4v) is 8.93. The monoisotopic (exact) mass is 586 g/mol. The van der Waals surface area contributed by atoms with Gasteiger partial charge in [-0.05, 0) is 86.3 Å². The molecule has 3 aliphatic rings. The molecule has 10 rings (SSSR count). The average Bonchev–Trinajstić information content (AvgIpc) is 3.59.